The van der Waals surface area contributed by atoms with Crippen molar-refractivity contribution in [2.24, 2.45) is 5.73 Å². The van der Waals surface area contributed by atoms with Crippen molar-refractivity contribution >= 4 is 5.91 Å². The molecule has 3 nitrogen and oxygen atoms in total. The highest BCUT2D eigenvalue weighted by Gasteiger charge is 2.23. The Morgan fingerprint density at radius 2 is 2.15 bits per heavy atom. The van der Waals surface area contributed by atoms with Crippen molar-refractivity contribution in [1.82, 2.24) is 4.90 Å². The Morgan fingerprint density at radius 1 is 1.40 bits per heavy atom. The van der Waals surface area contributed by atoms with Crippen LogP contribution in [0.25, 0.3) is 0 Å². The highest BCUT2D eigenvalue weighted by molar-refractivity contribution is 5.76. The zero-order valence-electron chi connectivity index (χ0n) is 11.8. The topological polar surface area (TPSA) is 46.3 Å². The number of rotatable bonds is 4. The number of carbonyl (C=O) groups is 1. The van der Waals surface area contributed by atoms with E-state index < -0.39 is 0 Å². The van der Waals surface area contributed by atoms with Gasteiger partial charge < -0.3 is 10.6 Å². The van der Waals surface area contributed by atoms with Gasteiger partial charge in [0.15, 0.2) is 0 Å². The molecule has 0 aliphatic carbocycles. The fourth-order valence-corrected chi connectivity index (χ4v) is 2.77. The average Bonchev–Trinajstić information content (AvgIpc) is 2.52. The van der Waals surface area contributed by atoms with E-state index in [0.29, 0.717) is 25.3 Å². The number of hydrogen-bond acceptors (Lipinski definition) is 2. The highest BCUT2D eigenvalue weighted by atomic mass is 16.2. The summed E-state index contributed by atoms with van der Waals surface area (Å²) in [6, 6.07) is 8.49. The van der Waals surface area contributed by atoms with Crippen LogP contribution in [0.3, 0.4) is 0 Å². The molecule has 1 amide bonds. The van der Waals surface area contributed by atoms with Crippen LogP contribution in [0.15, 0.2) is 24.3 Å². The van der Waals surface area contributed by atoms with Crippen LogP contribution in [0.2, 0.25) is 0 Å². The minimum atomic E-state index is 0.192. The van der Waals surface area contributed by atoms with Gasteiger partial charge in [-0.15, -0.1) is 12.3 Å². The van der Waals surface area contributed by atoms with Crippen molar-refractivity contribution in [1.29, 1.82) is 0 Å². The van der Waals surface area contributed by atoms with Crippen LogP contribution < -0.4 is 5.73 Å². The van der Waals surface area contributed by atoms with Crippen molar-refractivity contribution in [2.45, 2.75) is 38.1 Å². The molecule has 0 aromatic heterocycles. The summed E-state index contributed by atoms with van der Waals surface area (Å²) in [7, 11) is 0. The second-order valence-corrected chi connectivity index (χ2v) is 5.31. The van der Waals surface area contributed by atoms with Gasteiger partial charge in [-0.05, 0) is 29.9 Å². The van der Waals surface area contributed by atoms with E-state index in [9.17, 15) is 4.79 Å². The molecule has 0 atom stereocenters. The second-order valence-electron chi connectivity index (χ2n) is 5.31. The summed E-state index contributed by atoms with van der Waals surface area (Å²) in [4.78, 5) is 13.9. The Bertz CT molecular complexity index is 496. The molecule has 2 N–H and O–H groups in total. The van der Waals surface area contributed by atoms with Gasteiger partial charge in [0.2, 0.25) is 5.91 Å². The van der Waals surface area contributed by atoms with Crippen molar-refractivity contribution < 1.29 is 4.79 Å². The molecule has 1 aliphatic heterocycles. The summed E-state index contributed by atoms with van der Waals surface area (Å²) in [5, 5.41) is 0. The predicted molar refractivity (Wildman–Crippen MR) is 81.0 cm³/mol. The first-order valence-corrected chi connectivity index (χ1v) is 7.24. The van der Waals surface area contributed by atoms with E-state index in [1.807, 2.05) is 4.90 Å². The Labute approximate surface area is 121 Å². The number of piperidine rings is 1. The summed E-state index contributed by atoms with van der Waals surface area (Å²) >= 11 is 0. The maximum Gasteiger partial charge on any atom is 0.223 e. The van der Waals surface area contributed by atoms with Crippen molar-refractivity contribution in [3.63, 3.8) is 0 Å². The predicted octanol–water partition coefficient (Wildman–Crippen LogP) is 2.26. The maximum absolute atomic E-state index is 11.9. The van der Waals surface area contributed by atoms with Crippen molar-refractivity contribution in [2.75, 3.05) is 13.1 Å². The Kier molecular flexibility index (Phi) is 5.20. The minimum Gasteiger partial charge on any atom is -0.343 e. The minimum absolute atomic E-state index is 0.192. The third-order valence-electron chi connectivity index (χ3n) is 3.99. The quantitative estimate of drug-likeness (QED) is 0.853. The lowest BCUT2D eigenvalue weighted by Crippen LogP contribution is -2.37. The van der Waals surface area contributed by atoms with Crippen LogP contribution in [0.5, 0.6) is 0 Å². The van der Waals surface area contributed by atoms with Gasteiger partial charge in [-0.2, -0.15) is 0 Å². The first-order chi connectivity index (χ1) is 9.74. The van der Waals surface area contributed by atoms with Crippen molar-refractivity contribution in [3.05, 3.63) is 35.4 Å². The molecular formula is C17H22N2O. The van der Waals surface area contributed by atoms with E-state index in [0.717, 1.165) is 25.9 Å². The number of amides is 1. The molecule has 3 heteroatoms. The molecule has 1 heterocycles. The lowest BCUT2D eigenvalue weighted by atomic mass is 9.88. The van der Waals surface area contributed by atoms with E-state index in [4.69, 9.17) is 12.2 Å². The van der Waals surface area contributed by atoms with Gasteiger partial charge in [-0.1, -0.05) is 24.3 Å². The number of carbonyl (C=O) groups excluding carboxylic acids is 1. The number of hydrogen-bond donors (Lipinski definition) is 1. The zero-order chi connectivity index (χ0) is 14.4. The molecule has 1 aliphatic rings. The van der Waals surface area contributed by atoms with Gasteiger partial charge in [0.25, 0.3) is 0 Å². The summed E-state index contributed by atoms with van der Waals surface area (Å²) in [6.07, 6.45) is 8.26. The Balaban J connectivity index is 1.90. The summed E-state index contributed by atoms with van der Waals surface area (Å²) in [5.74, 6) is 3.26. The molecule has 0 saturated carbocycles. The number of terminal acetylenes is 1. The van der Waals surface area contributed by atoms with Gasteiger partial charge in [0, 0.05) is 32.5 Å². The molecule has 106 valence electrons. The van der Waals surface area contributed by atoms with Crippen LogP contribution in [-0.4, -0.2) is 23.9 Å². The van der Waals surface area contributed by atoms with Crippen LogP contribution in [0.4, 0.5) is 0 Å². The molecule has 0 bridgehead atoms. The van der Waals surface area contributed by atoms with Crippen LogP contribution >= 0.6 is 0 Å². The van der Waals surface area contributed by atoms with E-state index >= 15 is 0 Å². The SMILES string of the molecule is C#CCCC(=O)N1CCC(c2cccc(CN)c2)CC1. The second kappa shape index (κ2) is 7.12. The molecule has 2 rings (SSSR count). The lowest BCUT2D eigenvalue weighted by Gasteiger charge is -2.32. The molecule has 0 radical (unpaired) electrons. The Morgan fingerprint density at radius 3 is 2.80 bits per heavy atom. The smallest absolute Gasteiger partial charge is 0.223 e. The molecule has 0 unspecified atom stereocenters. The van der Waals surface area contributed by atoms with Gasteiger partial charge in [-0.25, -0.2) is 0 Å². The normalized spacial score (nSPS) is 15.9. The molecule has 1 aromatic rings. The van der Waals surface area contributed by atoms with Crippen LogP contribution in [0.1, 0.15) is 42.7 Å². The first kappa shape index (κ1) is 14.6. The summed E-state index contributed by atoms with van der Waals surface area (Å²) < 4.78 is 0. The Hall–Kier alpha value is -1.79. The average molecular weight is 270 g/mol. The number of benzene rings is 1. The van der Waals surface area contributed by atoms with Crippen LogP contribution in [-0.2, 0) is 11.3 Å². The first-order valence-electron chi connectivity index (χ1n) is 7.24. The summed E-state index contributed by atoms with van der Waals surface area (Å²) in [5.41, 5.74) is 8.21. The molecule has 1 aromatic carbocycles. The largest absolute Gasteiger partial charge is 0.343 e. The third kappa shape index (κ3) is 3.61. The monoisotopic (exact) mass is 270 g/mol. The number of nitrogens with zero attached hydrogens (tertiary/aromatic N) is 1. The van der Waals surface area contributed by atoms with Crippen molar-refractivity contribution in [3.8, 4) is 12.3 Å². The molecule has 1 fully saturated rings. The fraction of sp³-hybridized carbons (Fsp3) is 0.471. The molecule has 0 spiro atoms. The van der Waals surface area contributed by atoms with E-state index in [-0.39, 0.29) is 5.91 Å². The summed E-state index contributed by atoms with van der Waals surface area (Å²) in [6.45, 7) is 2.25. The maximum atomic E-state index is 11.9. The fourth-order valence-electron chi connectivity index (χ4n) is 2.77. The zero-order valence-corrected chi connectivity index (χ0v) is 11.8. The number of likely N-dealkylation sites (tertiary alicyclic amines) is 1. The van der Waals surface area contributed by atoms with Gasteiger partial charge in [0.05, 0.1) is 0 Å². The van der Waals surface area contributed by atoms with Gasteiger partial charge >= 0.3 is 0 Å². The molecule has 1 saturated heterocycles. The van der Waals surface area contributed by atoms with E-state index in [1.165, 1.54) is 11.1 Å². The van der Waals surface area contributed by atoms with E-state index in [1.54, 1.807) is 0 Å². The van der Waals surface area contributed by atoms with Gasteiger partial charge in [0.1, 0.15) is 0 Å². The van der Waals surface area contributed by atoms with E-state index in [2.05, 4.69) is 30.2 Å². The highest BCUT2D eigenvalue weighted by Crippen LogP contribution is 2.28. The lowest BCUT2D eigenvalue weighted by molar-refractivity contribution is -0.132. The number of nitrogens with two attached hydrogens (primary N) is 1. The van der Waals surface area contributed by atoms with Gasteiger partial charge in [-0.3, -0.25) is 4.79 Å². The van der Waals surface area contributed by atoms with Crippen LogP contribution in [0, 0.1) is 12.3 Å². The standard InChI is InChI=1S/C17H22N2O/c1-2-3-7-17(20)19-10-8-15(9-11-19)16-6-4-5-14(12-16)13-18/h1,4-6,12,15H,3,7-11,13,18H2. The molecular weight excluding hydrogens is 248 g/mol. The molecule has 20 heavy (non-hydrogen) atoms. The third-order valence-corrected chi connectivity index (χ3v) is 3.99.